The zero-order chi connectivity index (χ0) is 12.6. The van der Waals surface area contributed by atoms with E-state index in [0.29, 0.717) is 6.04 Å². The van der Waals surface area contributed by atoms with Crippen LogP contribution in [0.25, 0.3) is 10.9 Å². The lowest BCUT2D eigenvalue weighted by Gasteiger charge is -2.08. The molecule has 1 heterocycles. The molecule has 2 aromatic rings. The summed E-state index contributed by atoms with van der Waals surface area (Å²) >= 11 is 0. The van der Waals surface area contributed by atoms with E-state index in [0.717, 1.165) is 16.5 Å². The van der Waals surface area contributed by atoms with E-state index in [1.807, 2.05) is 13.1 Å². The summed E-state index contributed by atoms with van der Waals surface area (Å²) in [4.78, 5) is 0. The summed E-state index contributed by atoms with van der Waals surface area (Å²) in [5, 5.41) is 10.2. The Labute approximate surface area is 101 Å². The topological polar surface area (TPSA) is 25.2 Å². The van der Waals surface area contributed by atoms with Gasteiger partial charge in [-0.15, -0.1) is 0 Å². The number of benzene rings is 1. The maximum absolute atomic E-state index is 13.3. The molecule has 2 rings (SSSR count). The lowest BCUT2D eigenvalue weighted by atomic mass is 10.0. The fourth-order valence-electron chi connectivity index (χ4n) is 2.17. The molecule has 0 amide bonds. The number of aliphatic hydroxyl groups excluding tert-OH is 1. The lowest BCUT2D eigenvalue weighted by molar-refractivity contribution is 0.273. The molecule has 0 saturated heterocycles. The highest BCUT2D eigenvalue weighted by Crippen LogP contribution is 2.30. The third kappa shape index (κ3) is 2.07. The largest absolute Gasteiger partial charge is 0.396 e. The average Bonchev–Trinajstić information content (AvgIpc) is 2.66. The molecule has 0 aliphatic rings. The molecule has 1 atom stereocenters. The van der Waals surface area contributed by atoms with Gasteiger partial charge in [0.2, 0.25) is 0 Å². The average molecular weight is 235 g/mol. The van der Waals surface area contributed by atoms with Crippen molar-refractivity contribution in [3.8, 4) is 0 Å². The molecule has 17 heavy (non-hydrogen) atoms. The minimum Gasteiger partial charge on any atom is -0.396 e. The first kappa shape index (κ1) is 12.1. The van der Waals surface area contributed by atoms with E-state index in [-0.39, 0.29) is 18.3 Å². The molecule has 1 aromatic heterocycles. The third-order valence-corrected chi connectivity index (χ3v) is 3.19. The highest BCUT2D eigenvalue weighted by Gasteiger charge is 2.15. The molecule has 0 aliphatic carbocycles. The molecule has 0 bridgehead atoms. The van der Waals surface area contributed by atoms with Crippen molar-refractivity contribution in [3.05, 3.63) is 35.8 Å². The van der Waals surface area contributed by atoms with E-state index < -0.39 is 0 Å². The molecule has 0 saturated carbocycles. The van der Waals surface area contributed by atoms with Crippen LogP contribution in [0, 0.1) is 5.82 Å². The van der Waals surface area contributed by atoms with Crippen molar-refractivity contribution in [3.63, 3.8) is 0 Å². The molecule has 1 N–H and O–H groups in total. The van der Waals surface area contributed by atoms with Crippen LogP contribution in [0.1, 0.15) is 38.3 Å². The number of hydrogen-bond acceptors (Lipinski definition) is 1. The first-order valence-electron chi connectivity index (χ1n) is 5.95. The van der Waals surface area contributed by atoms with E-state index in [1.54, 1.807) is 12.1 Å². The van der Waals surface area contributed by atoms with E-state index in [4.69, 9.17) is 0 Å². The summed E-state index contributed by atoms with van der Waals surface area (Å²) in [6.07, 6.45) is 2.02. The predicted octanol–water partition coefficient (Wildman–Crippen LogP) is 3.46. The van der Waals surface area contributed by atoms with Gasteiger partial charge in [0.15, 0.2) is 0 Å². The zero-order valence-electron chi connectivity index (χ0n) is 10.4. The van der Waals surface area contributed by atoms with Crippen molar-refractivity contribution in [2.45, 2.75) is 32.7 Å². The van der Waals surface area contributed by atoms with Crippen molar-refractivity contribution in [1.29, 1.82) is 0 Å². The highest BCUT2D eigenvalue weighted by atomic mass is 19.1. The summed E-state index contributed by atoms with van der Waals surface area (Å²) < 4.78 is 15.4. The highest BCUT2D eigenvalue weighted by molar-refractivity contribution is 5.84. The number of rotatable bonds is 3. The number of nitrogens with zero attached hydrogens (tertiary/aromatic N) is 1. The first-order chi connectivity index (χ1) is 8.04. The Morgan fingerprint density at radius 3 is 2.59 bits per heavy atom. The van der Waals surface area contributed by atoms with Crippen LogP contribution in [-0.4, -0.2) is 16.3 Å². The number of fused-ring (bicyclic) bond motifs is 1. The van der Waals surface area contributed by atoms with Crippen LogP contribution in [-0.2, 0) is 0 Å². The molecule has 0 aliphatic heterocycles. The third-order valence-electron chi connectivity index (χ3n) is 3.19. The summed E-state index contributed by atoms with van der Waals surface area (Å²) in [7, 11) is 0. The van der Waals surface area contributed by atoms with Crippen molar-refractivity contribution >= 4 is 10.9 Å². The Morgan fingerprint density at radius 1 is 1.29 bits per heavy atom. The molecule has 92 valence electrons. The molecule has 0 fully saturated rings. The number of aliphatic hydroxyl groups is 1. The van der Waals surface area contributed by atoms with Crippen molar-refractivity contribution in [2.75, 3.05) is 6.61 Å². The second-order valence-corrected chi connectivity index (χ2v) is 4.83. The van der Waals surface area contributed by atoms with Crippen LogP contribution < -0.4 is 0 Å². The van der Waals surface area contributed by atoms with Crippen LogP contribution in [0.15, 0.2) is 24.4 Å². The van der Waals surface area contributed by atoms with Gasteiger partial charge in [-0.05, 0) is 37.6 Å². The van der Waals surface area contributed by atoms with Gasteiger partial charge in [0.25, 0.3) is 0 Å². The van der Waals surface area contributed by atoms with Gasteiger partial charge in [0, 0.05) is 35.7 Å². The lowest BCUT2D eigenvalue weighted by Crippen LogP contribution is -1.99. The van der Waals surface area contributed by atoms with Gasteiger partial charge < -0.3 is 9.67 Å². The Balaban J connectivity index is 2.71. The van der Waals surface area contributed by atoms with Crippen LogP contribution in [0.4, 0.5) is 4.39 Å². The molecule has 1 unspecified atom stereocenters. The number of halogens is 1. The van der Waals surface area contributed by atoms with Crippen molar-refractivity contribution < 1.29 is 9.50 Å². The van der Waals surface area contributed by atoms with Crippen LogP contribution in [0.5, 0.6) is 0 Å². The first-order valence-corrected chi connectivity index (χ1v) is 5.95. The smallest absolute Gasteiger partial charge is 0.123 e. The summed E-state index contributed by atoms with van der Waals surface area (Å²) in [6.45, 7) is 6.21. The van der Waals surface area contributed by atoms with Crippen molar-refractivity contribution in [1.82, 2.24) is 4.57 Å². The molecule has 1 aromatic carbocycles. The fraction of sp³-hybridized carbons (Fsp3) is 0.429. The Kier molecular flexibility index (Phi) is 3.20. The van der Waals surface area contributed by atoms with E-state index in [1.165, 1.54) is 6.07 Å². The van der Waals surface area contributed by atoms with Gasteiger partial charge in [0.1, 0.15) is 5.82 Å². The normalized spacial score (nSPS) is 13.5. The van der Waals surface area contributed by atoms with Gasteiger partial charge in [-0.1, -0.05) is 6.92 Å². The monoisotopic (exact) mass is 235 g/mol. The SMILES string of the molecule is CC(CO)c1cn(C(C)C)c2ccc(F)cc12. The fourth-order valence-corrected chi connectivity index (χ4v) is 2.17. The summed E-state index contributed by atoms with van der Waals surface area (Å²) in [6, 6.07) is 5.16. The standard InChI is InChI=1S/C14H18FNO/c1-9(2)16-7-13(10(3)8-17)12-6-11(15)4-5-14(12)16/h4-7,9-10,17H,8H2,1-3H3. The van der Waals surface area contributed by atoms with Crippen molar-refractivity contribution in [2.24, 2.45) is 0 Å². The van der Waals surface area contributed by atoms with Crippen LogP contribution in [0.2, 0.25) is 0 Å². The van der Waals surface area contributed by atoms with Crippen LogP contribution >= 0.6 is 0 Å². The Morgan fingerprint density at radius 2 is 2.00 bits per heavy atom. The van der Waals surface area contributed by atoms with Gasteiger partial charge in [-0.25, -0.2) is 4.39 Å². The van der Waals surface area contributed by atoms with Gasteiger partial charge in [-0.3, -0.25) is 0 Å². The molecule has 2 nitrogen and oxygen atoms in total. The summed E-state index contributed by atoms with van der Waals surface area (Å²) in [5.74, 6) is -0.204. The number of hydrogen-bond donors (Lipinski definition) is 1. The Hall–Kier alpha value is -1.35. The van der Waals surface area contributed by atoms with Gasteiger partial charge in [0.05, 0.1) is 0 Å². The minimum absolute atomic E-state index is 0.0271. The maximum Gasteiger partial charge on any atom is 0.123 e. The van der Waals surface area contributed by atoms with E-state index in [2.05, 4.69) is 18.4 Å². The Bertz CT molecular complexity index is 530. The van der Waals surface area contributed by atoms with Crippen LogP contribution in [0.3, 0.4) is 0 Å². The molecular formula is C14H18FNO. The van der Waals surface area contributed by atoms with E-state index >= 15 is 0 Å². The summed E-state index contributed by atoms with van der Waals surface area (Å²) in [5.41, 5.74) is 2.03. The second-order valence-electron chi connectivity index (χ2n) is 4.83. The molecular weight excluding hydrogens is 217 g/mol. The number of aromatic nitrogens is 1. The zero-order valence-corrected chi connectivity index (χ0v) is 10.4. The molecule has 0 spiro atoms. The second kappa shape index (κ2) is 4.49. The minimum atomic E-state index is -0.231. The van der Waals surface area contributed by atoms with Gasteiger partial charge >= 0.3 is 0 Å². The quantitative estimate of drug-likeness (QED) is 0.866. The van der Waals surface area contributed by atoms with Gasteiger partial charge in [-0.2, -0.15) is 0 Å². The molecule has 3 heteroatoms. The molecule has 0 radical (unpaired) electrons. The predicted molar refractivity (Wildman–Crippen MR) is 67.8 cm³/mol. The van der Waals surface area contributed by atoms with E-state index in [9.17, 15) is 9.50 Å². The maximum atomic E-state index is 13.3.